The average Bonchev–Trinajstić information content (AvgIpc) is 2.64. The number of nitrogens with zero attached hydrogens (tertiary/aromatic N) is 1. The fraction of sp³-hybridized carbons (Fsp3) is 0. The highest BCUT2D eigenvalue weighted by Gasteiger charge is 2.15. The summed E-state index contributed by atoms with van der Waals surface area (Å²) in [5.74, 6) is 0. The smallest absolute Gasteiger partial charge is 0.266 e. The standard InChI is InChI=1S/C18H17Cl4NSi3/c19-25(20)17-9-3-14(4-10-17)23(13-1-7-16(24)8-2-13)15-5-11-18(12-6-15)26(21)22/h1-12,25-26H,24H3. The van der Waals surface area contributed by atoms with Gasteiger partial charge in [-0.15, -0.1) is 44.3 Å². The van der Waals surface area contributed by atoms with Gasteiger partial charge in [0.05, 0.1) is 0 Å². The van der Waals surface area contributed by atoms with Crippen molar-refractivity contribution in [3.63, 3.8) is 0 Å². The Bertz CT molecular complexity index is 802. The number of anilines is 3. The predicted molar refractivity (Wildman–Crippen MR) is 128 cm³/mol. The third-order valence-corrected chi connectivity index (χ3v) is 9.57. The Morgan fingerprint density at radius 2 is 0.846 bits per heavy atom. The van der Waals surface area contributed by atoms with Gasteiger partial charge in [-0.25, -0.2) is 0 Å². The molecule has 134 valence electrons. The van der Waals surface area contributed by atoms with Crippen molar-refractivity contribution >= 4 is 102 Å². The van der Waals surface area contributed by atoms with E-state index in [-0.39, 0.29) is 0 Å². The molecule has 3 aromatic rings. The summed E-state index contributed by atoms with van der Waals surface area (Å²) in [6.45, 7) is 0. The van der Waals surface area contributed by atoms with Crippen LogP contribution in [0.1, 0.15) is 0 Å². The van der Waals surface area contributed by atoms with Crippen LogP contribution in [0.2, 0.25) is 0 Å². The summed E-state index contributed by atoms with van der Waals surface area (Å²) in [5.41, 5.74) is 3.20. The highest BCUT2D eigenvalue weighted by Crippen LogP contribution is 2.33. The molecule has 0 N–H and O–H groups in total. The highest BCUT2D eigenvalue weighted by atomic mass is 35.7. The Morgan fingerprint density at radius 3 is 1.15 bits per heavy atom. The third kappa shape index (κ3) is 4.75. The maximum Gasteiger partial charge on any atom is 0.266 e. The SMILES string of the molecule is [SiH3]c1ccc(N(c2ccc([SiH](Cl)Cl)cc2)c2ccc([SiH](Cl)Cl)cc2)cc1. The van der Waals surface area contributed by atoms with Crippen molar-refractivity contribution in [3.8, 4) is 0 Å². The lowest BCUT2D eigenvalue weighted by Crippen LogP contribution is -2.20. The van der Waals surface area contributed by atoms with Crippen molar-refractivity contribution in [2.24, 2.45) is 0 Å². The van der Waals surface area contributed by atoms with Gasteiger partial charge < -0.3 is 4.90 Å². The summed E-state index contributed by atoms with van der Waals surface area (Å²) in [5, 5.41) is 3.39. The van der Waals surface area contributed by atoms with E-state index in [9.17, 15) is 0 Å². The molecule has 0 atom stereocenters. The van der Waals surface area contributed by atoms with E-state index in [0.717, 1.165) is 37.7 Å². The first-order valence-corrected chi connectivity index (χ1v) is 17.2. The Kier molecular flexibility index (Phi) is 6.91. The summed E-state index contributed by atoms with van der Waals surface area (Å²) in [4.78, 5) is 2.20. The van der Waals surface area contributed by atoms with E-state index in [1.54, 1.807) is 0 Å². The van der Waals surface area contributed by atoms with Gasteiger partial charge in [0.2, 0.25) is 0 Å². The number of halogens is 4. The lowest BCUT2D eigenvalue weighted by molar-refractivity contribution is 1.29. The molecule has 0 radical (unpaired) electrons. The maximum absolute atomic E-state index is 6.11. The second kappa shape index (κ2) is 8.97. The van der Waals surface area contributed by atoms with Crippen LogP contribution in [0.3, 0.4) is 0 Å². The second-order valence-corrected chi connectivity index (χ2v) is 16.2. The van der Waals surface area contributed by atoms with Gasteiger partial charge in [0.1, 0.15) is 0 Å². The topological polar surface area (TPSA) is 3.24 Å². The molecule has 0 aliphatic carbocycles. The lowest BCUT2D eigenvalue weighted by Gasteiger charge is -2.26. The molecule has 0 bridgehead atoms. The van der Waals surface area contributed by atoms with E-state index in [4.69, 9.17) is 44.3 Å². The molecule has 8 heteroatoms. The number of hydrogen-bond acceptors (Lipinski definition) is 1. The van der Waals surface area contributed by atoms with Gasteiger partial charge in [-0.2, -0.15) is 0 Å². The molecule has 0 spiro atoms. The molecule has 0 aliphatic rings. The Balaban J connectivity index is 2.05. The zero-order chi connectivity index (χ0) is 18.7. The zero-order valence-electron chi connectivity index (χ0n) is 14.0. The number of rotatable bonds is 5. The molecular formula is C18H17Cl4NSi3. The molecule has 0 saturated carbocycles. The largest absolute Gasteiger partial charge is 0.311 e. The lowest BCUT2D eigenvalue weighted by atomic mass is 10.2. The first-order chi connectivity index (χ1) is 12.5. The highest BCUT2D eigenvalue weighted by molar-refractivity contribution is 7.39. The molecular weight excluding hydrogens is 456 g/mol. The van der Waals surface area contributed by atoms with Crippen molar-refractivity contribution in [2.75, 3.05) is 4.90 Å². The van der Waals surface area contributed by atoms with Crippen LogP contribution >= 0.6 is 44.3 Å². The first-order valence-electron chi connectivity index (χ1n) is 8.09. The van der Waals surface area contributed by atoms with Crippen molar-refractivity contribution in [1.82, 2.24) is 0 Å². The molecule has 0 heterocycles. The minimum Gasteiger partial charge on any atom is -0.311 e. The third-order valence-electron chi connectivity index (χ3n) is 4.10. The summed E-state index contributed by atoms with van der Waals surface area (Å²) in [6.07, 6.45) is 0. The molecule has 0 unspecified atom stereocenters. The minimum absolute atomic E-state index is 1.01. The summed E-state index contributed by atoms with van der Waals surface area (Å²) in [6, 6.07) is 24.9. The van der Waals surface area contributed by atoms with E-state index in [1.807, 2.05) is 24.3 Å². The van der Waals surface area contributed by atoms with Gasteiger partial charge in [-0.3, -0.25) is 0 Å². The predicted octanol–water partition coefficient (Wildman–Crippen LogP) is 2.96. The molecule has 26 heavy (non-hydrogen) atoms. The van der Waals surface area contributed by atoms with Gasteiger partial charge in [-0.1, -0.05) is 41.6 Å². The van der Waals surface area contributed by atoms with Crippen LogP contribution in [0, 0.1) is 0 Å². The molecule has 1 nitrogen and oxygen atoms in total. The normalized spacial score (nSPS) is 11.3. The Morgan fingerprint density at radius 1 is 0.538 bits per heavy atom. The van der Waals surface area contributed by atoms with E-state index >= 15 is 0 Å². The van der Waals surface area contributed by atoms with Crippen molar-refractivity contribution in [3.05, 3.63) is 72.8 Å². The van der Waals surface area contributed by atoms with E-state index < -0.39 is 14.8 Å². The Labute approximate surface area is 178 Å². The van der Waals surface area contributed by atoms with Gasteiger partial charge in [-0.05, 0) is 46.8 Å². The van der Waals surface area contributed by atoms with Crippen LogP contribution in [-0.2, 0) is 0 Å². The monoisotopic (exact) mass is 471 g/mol. The molecule has 3 aromatic carbocycles. The fourth-order valence-corrected chi connectivity index (χ4v) is 5.72. The summed E-state index contributed by atoms with van der Waals surface area (Å²) in [7, 11) is -2.66. The number of benzene rings is 3. The van der Waals surface area contributed by atoms with Crippen LogP contribution in [-0.4, -0.2) is 25.1 Å². The van der Waals surface area contributed by atoms with Gasteiger partial charge in [0, 0.05) is 27.3 Å². The van der Waals surface area contributed by atoms with E-state index in [0.29, 0.717) is 0 Å². The fourth-order valence-electron chi connectivity index (χ4n) is 2.68. The van der Waals surface area contributed by atoms with Crippen molar-refractivity contribution < 1.29 is 0 Å². The van der Waals surface area contributed by atoms with E-state index in [1.165, 1.54) is 5.19 Å². The van der Waals surface area contributed by atoms with E-state index in [2.05, 4.69) is 53.4 Å². The van der Waals surface area contributed by atoms with Gasteiger partial charge in [0.15, 0.2) is 0 Å². The van der Waals surface area contributed by atoms with Crippen LogP contribution < -0.4 is 20.5 Å². The molecule has 3 rings (SSSR count). The van der Waals surface area contributed by atoms with Crippen LogP contribution in [0.5, 0.6) is 0 Å². The first kappa shape index (κ1) is 20.0. The molecule has 0 amide bonds. The quantitative estimate of drug-likeness (QED) is 0.407. The Hall–Kier alpha value is -0.729. The van der Waals surface area contributed by atoms with Crippen LogP contribution in [0.4, 0.5) is 17.1 Å². The molecule has 0 fully saturated rings. The maximum atomic E-state index is 6.11. The van der Waals surface area contributed by atoms with Gasteiger partial charge >= 0.3 is 0 Å². The second-order valence-electron chi connectivity index (χ2n) is 5.96. The van der Waals surface area contributed by atoms with Crippen LogP contribution in [0.15, 0.2) is 72.8 Å². The van der Waals surface area contributed by atoms with Crippen molar-refractivity contribution in [1.29, 1.82) is 0 Å². The number of hydrogen-bond donors (Lipinski definition) is 0. The molecule has 0 saturated heterocycles. The van der Waals surface area contributed by atoms with Gasteiger partial charge in [0.25, 0.3) is 14.8 Å². The molecule has 0 aromatic heterocycles. The summed E-state index contributed by atoms with van der Waals surface area (Å²) < 4.78 is 0. The molecule has 0 aliphatic heterocycles. The summed E-state index contributed by atoms with van der Waals surface area (Å²) >= 11 is 24.4. The average molecular weight is 473 g/mol. The van der Waals surface area contributed by atoms with Crippen molar-refractivity contribution in [2.45, 2.75) is 0 Å². The minimum atomic E-state index is -1.85. The van der Waals surface area contributed by atoms with Crippen LogP contribution in [0.25, 0.3) is 0 Å². The zero-order valence-corrected chi connectivity index (χ0v) is 21.4.